The summed E-state index contributed by atoms with van der Waals surface area (Å²) >= 11 is 12.9. The Morgan fingerprint density at radius 1 is 0.861 bits per heavy atom. The normalized spacial score (nSPS) is 12.5. The summed E-state index contributed by atoms with van der Waals surface area (Å²) in [7, 11) is -6.09. The number of alkyl halides is 3. The van der Waals surface area contributed by atoms with Crippen LogP contribution in [0.4, 0.5) is 13.2 Å². The van der Waals surface area contributed by atoms with E-state index in [4.69, 9.17) is 45.3 Å². The standard InChI is InChI=1S/C24H15Cl2O2.CHF3O3S/c25-19-11-12-20(26)24-22(19)23-18(14-27-24)17(15-7-3-1-4-8-15)13-21(28-23)16-9-5-2-6-10-16;2-1(3,4)8(5,6)7/h1-13H,14H2;(H,5,6,7)/q+1;/p-1. The van der Waals surface area contributed by atoms with E-state index in [2.05, 4.69) is 18.2 Å². The lowest BCUT2D eigenvalue weighted by Crippen LogP contribution is -2.21. The molecule has 3 aromatic carbocycles. The van der Waals surface area contributed by atoms with E-state index in [0.29, 0.717) is 33.7 Å². The topological polar surface area (TPSA) is 77.7 Å². The predicted octanol–water partition coefficient (Wildman–Crippen LogP) is 7.81. The van der Waals surface area contributed by atoms with Crippen LogP contribution in [0, 0.1) is 0 Å². The maximum Gasteiger partial charge on any atom is 0.485 e. The average molecular weight is 555 g/mol. The molecule has 11 heteroatoms. The minimum atomic E-state index is -6.09. The molecule has 0 saturated heterocycles. The molecule has 0 saturated carbocycles. The number of hydrogen-bond donors (Lipinski definition) is 0. The first-order valence-electron chi connectivity index (χ1n) is 10.2. The second-order valence-corrected chi connectivity index (χ2v) is 9.67. The zero-order chi connectivity index (χ0) is 26.1. The van der Waals surface area contributed by atoms with Crippen LogP contribution in [0.3, 0.4) is 0 Å². The second-order valence-electron chi connectivity index (χ2n) is 7.49. The Balaban J connectivity index is 0.000000331. The van der Waals surface area contributed by atoms with E-state index in [1.807, 2.05) is 48.5 Å². The molecule has 0 bridgehead atoms. The van der Waals surface area contributed by atoms with Crippen LogP contribution in [0.2, 0.25) is 10.0 Å². The molecule has 0 atom stereocenters. The van der Waals surface area contributed by atoms with Gasteiger partial charge in [-0.15, -0.1) is 0 Å². The first kappa shape index (κ1) is 26.0. The van der Waals surface area contributed by atoms with Gasteiger partial charge in [0.25, 0.3) is 0 Å². The number of halogens is 5. The highest BCUT2D eigenvalue weighted by molar-refractivity contribution is 7.86. The molecule has 5 nitrogen and oxygen atoms in total. The fraction of sp³-hybridized carbons (Fsp3) is 0.0800. The number of rotatable bonds is 2. The van der Waals surface area contributed by atoms with E-state index < -0.39 is 15.6 Å². The van der Waals surface area contributed by atoms with Crippen molar-refractivity contribution in [1.82, 2.24) is 0 Å². The van der Waals surface area contributed by atoms with E-state index in [0.717, 1.165) is 28.0 Å². The Labute approximate surface area is 214 Å². The summed E-state index contributed by atoms with van der Waals surface area (Å²) < 4.78 is 71.3. The number of hydrogen-bond acceptors (Lipinski definition) is 4. The molecule has 0 amide bonds. The van der Waals surface area contributed by atoms with E-state index >= 15 is 0 Å². The summed E-state index contributed by atoms with van der Waals surface area (Å²) in [5, 5.41) is 1.07. The van der Waals surface area contributed by atoms with E-state index in [-0.39, 0.29) is 0 Å². The van der Waals surface area contributed by atoms with Gasteiger partial charge in [0.1, 0.15) is 17.7 Å². The number of fused-ring (bicyclic) bond motifs is 3. The van der Waals surface area contributed by atoms with Gasteiger partial charge in [0.05, 0.1) is 21.7 Å². The molecule has 1 aliphatic heterocycles. The summed E-state index contributed by atoms with van der Waals surface area (Å²) in [4.78, 5) is 0. The van der Waals surface area contributed by atoms with E-state index in [9.17, 15) is 13.2 Å². The zero-order valence-corrected chi connectivity index (χ0v) is 20.4. The van der Waals surface area contributed by atoms with Crippen molar-refractivity contribution in [3.8, 4) is 39.5 Å². The van der Waals surface area contributed by atoms with Crippen LogP contribution in [0.5, 0.6) is 5.75 Å². The van der Waals surface area contributed by atoms with Gasteiger partial charge in [0, 0.05) is 5.56 Å². The third-order valence-corrected chi connectivity index (χ3v) is 6.34. The van der Waals surface area contributed by atoms with Crippen molar-refractivity contribution in [3.63, 3.8) is 0 Å². The van der Waals surface area contributed by atoms with Crippen molar-refractivity contribution < 1.29 is 35.3 Å². The molecule has 0 radical (unpaired) electrons. The molecular weight excluding hydrogens is 540 g/mol. The Kier molecular flexibility index (Phi) is 7.28. The summed E-state index contributed by atoms with van der Waals surface area (Å²) in [6.45, 7) is 0.366. The number of benzene rings is 3. The van der Waals surface area contributed by atoms with Gasteiger partial charge in [-0.25, -0.2) is 12.8 Å². The van der Waals surface area contributed by atoms with Crippen molar-refractivity contribution in [1.29, 1.82) is 0 Å². The monoisotopic (exact) mass is 554 g/mol. The Morgan fingerprint density at radius 2 is 1.39 bits per heavy atom. The third-order valence-electron chi connectivity index (χ3n) is 5.16. The molecule has 0 N–H and O–H groups in total. The predicted molar refractivity (Wildman–Crippen MR) is 130 cm³/mol. The number of ether oxygens (including phenoxy) is 1. The molecule has 4 aromatic rings. The Bertz CT molecular complexity index is 1510. The maximum atomic E-state index is 10.7. The fourth-order valence-corrected chi connectivity index (χ4v) is 3.98. The smallest absolute Gasteiger partial charge is 0.485 e. The maximum absolute atomic E-state index is 10.7. The molecule has 2 heterocycles. The van der Waals surface area contributed by atoms with Crippen LogP contribution in [-0.4, -0.2) is 18.5 Å². The highest BCUT2D eigenvalue weighted by Crippen LogP contribution is 2.49. The molecule has 0 aliphatic carbocycles. The summed E-state index contributed by atoms with van der Waals surface area (Å²) in [5.74, 6) is 2.03. The lowest BCUT2D eigenvalue weighted by atomic mass is 9.94. The van der Waals surface area contributed by atoms with Gasteiger partial charge in [-0.1, -0.05) is 71.7 Å². The van der Waals surface area contributed by atoms with Gasteiger partial charge < -0.3 is 9.29 Å². The van der Waals surface area contributed by atoms with Crippen LogP contribution >= 0.6 is 23.2 Å². The molecule has 36 heavy (non-hydrogen) atoms. The average Bonchev–Trinajstić information content (AvgIpc) is 2.85. The lowest BCUT2D eigenvalue weighted by Gasteiger charge is -2.19. The van der Waals surface area contributed by atoms with Crippen LogP contribution in [-0.2, 0) is 16.7 Å². The molecule has 0 unspecified atom stereocenters. The first-order valence-corrected chi connectivity index (χ1v) is 12.4. The molecular formula is C25H15Cl2F3O5S. The molecule has 1 aromatic heterocycles. The molecule has 5 rings (SSSR count). The fourth-order valence-electron chi connectivity index (χ4n) is 3.54. The second kappa shape index (κ2) is 10.1. The third kappa shape index (κ3) is 5.34. The van der Waals surface area contributed by atoms with Gasteiger partial charge in [0.15, 0.2) is 15.9 Å². The largest absolute Gasteiger partial charge is 0.741 e. The minimum Gasteiger partial charge on any atom is -0.741 e. The van der Waals surface area contributed by atoms with Crippen LogP contribution in [0.1, 0.15) is 5.56 Å². The van der Waals surface area contributed by atoms with Gasteiger partial charge >= 0.3 is 17.0 Å². The lowest BCUT2D eigenvalue weighted by molar-refractivity contribution is -0.0517. The molecule has 1 aliphatic rings. The van der Waals surface area contributed by atoms with Gasteiger partial charge in [-0.3, -0.25) is 0 Å². The highest BCUT2D eigenvalue weighted by atomic mass is 35.5. The summed E-state index contributed by atoms with van der Waals surface area (Å²) in [6, 6.07) is 25.8. The van der Waals surface area contributed by atoms with Crippen molar-refractivity contribution in [2.24, 2.45) is 0 Å². The van der Waals surface area contributed by atoms with Crippen molar-refractivity contribution in [2.75, 3.05) is 0 Å². The van der Waals surface area contributed by atoms with Crippen molar-refractivity contribution in [2.45, 2.75) is 12.1 Å². The van der Waals surface area contributed by atoms with Crippen LogP contribution in [0.15, 0.2) is 83.3 Å². The first-order chi connectivity index (χ1) is 17.0. The van der Waals surface area contributed by atoms with Crippen molar-refractivity contribution >= 4 is 33.3 Å². The highest BCUT2D eigenvalue weighted by Gasteiger charge is 2.37. The Morgan fingerprint density at radius 3 is 1.94 bits per heavy atom. The minimum absolute atomic E-state index is 0.366. The quantitative estimate of drug-likeness (QED) is 0.143. The van der Waals surface area contributed by atoms with Gasteiger partial charge in [0.2, 0.25) is 0 Å². The molecule has 186 valence electrons. The van der Waals surface area contributed by atoms with Crippen LogP contribution < -0.4 is 4.74 Å². The molecule has 0 spiro atoms. The SMILES string of the molecule is Clc1ccc(Cl)c2c1OCc1c(-c3ccccc3)cc(-c3ccccc3)[o+]c1-2.O=S(=O)([O-])C(F)(F)F. The Hall–Kier alpha value is -3.11. The zero-order valence-electron chi connectivity index (χ0n) is 18.1. The summed E-state index contributed by atoms with van der Waals surface area (Å²) in [6.07, 6.45) is 0. The van der Waals surface area contributed by atoms with Crippen LogP contribution in [0.25, 0.3) is 33.8 Å². The van der Waals surface area contributed by atoms with Gasteiger partial charge in [-0.2, -0.15) is 13.2 Å². The molecule has 0 fully saturated rings. The summed E-state index contributed by atoms with van der Waals surface area (Å²) in [5.41, 5.74) is -0.839. The van der Waals surface area contributed by atoms with Crippen molar-refractivity contribution in [3.05, 3.63) is 94.5 Å². The van der Waals surface area contributed by atoms with Gasteiger partial charge in [-0.05, 0) is 29.8 Å². The van der Waals surface area contributed by atoms with E-state index in [1.54, 1.807) is 12.1 Å². The van der Waals surface area contributed by atoms with E-state index in [1.165, 1.54) is 0 Å².